The zero-order valence-corrected chi connectivity index (χ0v) is 7.26. The lowest BCUT2D eigenvalue weighted by atomic mass is 10.2. The monoisotopic (exact) mass is 171 g/mol. The van der Waals surface area contributed by atoms with Crippen molar-refractivity contribution in [3.8, 4) is 0 Å². The maximum absolute atomic E-state index is 10.9. The van der Waals surface area contributed by atoms with E-state index in [4.69, 9.17) is 5.73 Å². The van der Waals surface area contributed by atoms with Gasteiger partial charge in [0.1, 0.15) is 0 Å². The van der Waals surface area contributed by atoms with Crippen LogP contribution in [-0.4, -0.2) is 18.9 Å². The molecule has 5 nitrogen and oxygen atoms in total. The second kappa shape index (κ2) is 5.29. The zero-order valence-electron chi connectivity index (χ0n) is 7.26. The third kappa shape index (κ3) is 3.70. The molecule has 0 rings (SSSR count). The number of nitrogens with zero attached hydrogens (tertiary/aromatic N) is 1. The minimum absolute atomic E-state index is 0.129. The van der Waals surface area contributed by atoms with Crippen LogP contribution in [0.3, 0.4) is 0 Å². The van der Waals surface area contributed by atoms with Crippen molar-refractivity contribution in [2.75, 3.05) is 13.1 Å². The molecular weight excluding hydrogens is 158 g/mol. The summed E-state index contributed by atoms with van der Waals surface area (Å²) in [5, 5.41) is 5.37. The average Bonchev–Trinajstić information content (AvgIpc) is 1.96. The minimum atomic E-state index is -0.138. The number of rotatable bonds is 5. The summed E-state index contributed by atoms with van der Waals surface area (Å²) in [5.74, 6) is -0.138. The molecule has 0 amide bonds. The van der Waals surface area contributed by atoms with Crippen LogP contribution in [0.2, 0.25) is 0 Å². The lowest BCUT2D eigenvalue weighted by Crippen LogP contribution is -2.24. The van der Waals surface area contributed by atoms with Crippen LogP contribution < -0.4 is 11.1 Å². The van der Waals surface area contributed by atoms with Gasteiger partial charge in [-0.3, -0.25) is 4.79 Å². The Morgan fingerprint density at radius 2 is 2.08 bits per heavy atom. The van der Waals surface area contributed by atoms with E-state index in [2.05, 4.69) is 10.5 Å². The first-order valence-electron chi connectivity index (χ1n) is 3.60. The highest BCUT2D eigenvalue weighted by atomic mass is 16.3. The Kier molecular flexibility index (Phi) is 4.67. The number of nitrogens with two attached hydrogens (primary N) is 1. The maximum atomic E-state index is 10.9. The second-order valence-electron chi connectivity index (χ2n) is 2.39. The lowest BCUT2D eigenvalue weighted by Gasteiger charge is -2.07. The van der Waals surface area contributed by atoms with Crippen LogP contribution >= 0.6 is 0 Å². The number of Topliss-reactive ketones (excluding diaryl/α,β-unsaturated/α-hetero) is 1. The van der Waals surface area contributed by atoms with Crippen molar-refractivity contribution in [3.05, 3.63) is 16.3 Å². The van der Waals surface area contributed by atoms with E-state index in [9.17, 15) is 9.70 Å². The summed E-state index contributed by atoms with van der Waals surface area (Å²) < 4.78 is 0. The highest BCUT2D eigenvalue weighted by molar-refractivity contribution is 5.93. The largest absolute Gasteiger partial charge is 0.401 e. The van der Waals surface area contributed by atoms with E-state index < -0.39 is 0 Å². The molecule has 0 atom stereocenters. The molecule has 5 heteroatoms. The molecule has 0 fully saturated rings. The summed E-state index contributed by atoms with van der Waals surface area (Å²) in [4.78, 5) is 20.6. The molecule has 0 bridgehead atoms. The van der Waals surface area contributed by atoms with E-state index >= 15 is 0 Å². The molecular formula is C7H13N3O2. The van der Waals surface area contributed by atoms with Gasteiger partial charge in [-0.1, -0.05) is 5.18 Å². The summed E-state index contributed by atoms with van der Waals surface area (Å²) in [7, 11) is 0. The van der Waals surface area contributed by atoms with Crippen molar-refractivity contribution in [2.24, 2.45) is 10.9 Å². The molecule has 0 spiro atoms. The molecule has 0 aliphatic heterocycles. The van der Waals surface area contributed by atoms with Gasteiger partial charge in [-0.25, -0.2) is 0 Å². The Morgan fingerprint density at radius 3 is 2.42 bits per heavy atom. The Morgan fingerprint density at radius 1 is 1.50 bits per heavy atom. The molecule has 12 heavy (non-hydrogen) atoms. The summed E-state index contributed by atoms with van der Waals surface area (Å²) in [6.07, 6.45) is 0. The summed E-state index contributed by atoms with van der Waals surface area (Å²) in [6, 6.07) is 0. The predicted molar refractivity (Wildman–Crippen MR) is 46.2 cm³/mol. The zero-order chi connectivity index (χ0) is 9.56. The SMILES string of the molecule is CC(=O)/C(NCCN=O)=C(\C)N. The molecule has 0 saturated carbocycles. The number of hydrogen-bond acceptors (Lipinski definition) is 5. The fraction of sp³-hybridized carbons (Fsp3) is 0.571. The van der Waals surface area contributed by atoms with Gasteiger partial charge in [0.05, 0.1) is 12.2 Å². The fourth-order valence-electron chi connectivity index (χ4n) is 0.768. The molecule has 0 saturated heterocycles. The van der Waals surface area contributed by atoms with Crippen LogP contribution in [0.5, 0.6) is 0 Å². The number of nitroso groups, excluding NO2 is 1. The van der Waals surface area contributed by atoms with Crippen molar-refractivity contribution in [2.45, 2.75) is 13.8 Å². The number of ketones is 1. The van der Waals surface area contributed by atoms with E-state index in [0.29, 0.717) is 17.9 Å². The number of nitrogens with one attached hydrogen (secondary N) is 1. The number of carbonyl (C=O) groups excluding carboxylic acids is 1. The highest BCUT2D eigenvalue weighted by Crippen LogP contribution is 1.94. The first kappa shape index (κ1) is 10.6. The molecule has 0 aromatic heterocycles. The molecule has 0 aromatic carbocycles. The molecule has 3 N–H and O–H groups in total. The number of hydrogen-bond donors (Lipinski definition) is 2. The first-order valence-corrected chi connectivity index (χ1v) is 3.60. The van der Waals surface area contributed by atoms with Crippen LogP contribution in [0, 0.1) is 4.91 Å². The highest BCUT2D eigenvalue weighted by Gasteiger charge is 2.04. The van der Waals surface area contributed by atoms with Gasteiger partial charge in [0.25, 0.3) is 0 Å². The second-order valence-corrected chi connectivity index (χ2v) is 2.39. The van der Waals surface area contributed by atoms with Crippen LogP contribution in [-0.2, 0) is 4.79 Å². The van der Waals surface area contributed by atoms with E-state index in [-0.39, 0.29) is 12.3 Å². The molecule has 0 aliphatic carbocycles. The third-order valence-corrected chi connectivity index (χ3v) is 1.25. The van der Waals surface area contributed by atoms with Crippen LogP contribution in [0.4, 0.5) is 0 Å². The van der Waals surface area contributed by atoms with Crippen molar-refractivity contribution < 1.29 is 4.79 Å². The molecule has 0 aliphatic rings. The van der Waals surface area contributed by atoms with Crippen molar-refractivity contribution >= 4 is 5.78 Å². The minimum Gasteiger partial charge on any atom is -0.401 e. The normalized spacial score (nSPS) is 11.8. The van der Waals surface area contributed by atoms with Crippen LogP contribution in [0.15, 0.2) is 16.6 Å². The molecule has 0 radical (unpaired) electrons. The van der Waals surface area contributed by atoms with Gasteiger partial charge in [0, 0.05) is 19.2 Å². The smallest absolute Gasteiger partial charge is 0.177 e. The van der Waals surface area contributed by atoms with Crippen molar-refractivity contribution in [3.63, 3.8) is 0 Å². The Bertz CT molecular complexity index is 207. The molecule has 0 heterocycles. The van der Waals surface area contributed by atoms with Gasteiger partial charge in [0.15, 0.2) is 5.78 Å². The van der Waals surface area contributed by atoms with Gasteiger partial charge in [0.2, 0.25) is 0 Å². The Balaban J connectivity index is 4.08. The number of allylic oxidation sites excluding steroid dienone is 2. The van der Waals surface area contributed by atoms with Gasteiger partial charge in [-0.05, 0) is 6.92 Å². The van der Waals surface area contributed by atoms with Crippen molar-refractivity contribution in [1.82, 2.24) is 5.32 Å². The van der Waals surface area contributed by atoms with E-state index in [1.165, 1.54) is 6.92 Å². The average molecular weight is 171 g/mol. The van der Waals surface area contributed by atoms with Crippen LogP contribution in [0.1, 0.15) is 13.8 Å². The lowest BCUT2D eigenvalue weighted by molar-refractivity contribution is -0.114. The summed E-state index contributed by atoms with van der Waals surface area (Å²) >= 11 is 0. The van der Waals surface area contributed by atoms with E-state index in [1.54, 1.807) is 6.92 Å². The fourth-order valence-corrected chi connectivity index (χ4v) is 0.768. The first-order chi connectivity index (χ1) is 5.59. The maximum Gasteiger partial charge on any atom is 0.177 e. The molecule has 68 valence electrons. The van der Waals surface area contributed by atoms with Gasteiger partial charge in [-0.15, -0.1) is 0 Å². The van der Waals surface area contributed by atoms with Gasteiger partial charge >= 0.3 is 0 Å². The summed E-state index contributed by atoms with van der Waals surface area (Å²) in [6.45, 7) is 3.50. The predicted octanol–water partition coefficient (Wildman–Crippen LogP) is 0.122. The van der Waals surface area contributed by atoms with Crippen LogP contribution in [0.25, 0.3) is 0 Å². The third-order valence-electron chi connectivity index (χ3n) is 1.25. The summed E-state index contributed by atoms with van der Waals surface area (Å²) in [5.41, 5.74) is 6.19. The van der Waals surface area contributed by atoms with Gasteiger partial charge in [-0.2, -0.15) is 4.91 Å². The van der Waals surface area contributed by atoms with Crippen molar-refractivity contribution in [1.29, 1.82) is 0 Å². The van der Waals surface area contributed by atoms with E-state index in [0.717, 1.165) is 0 Å². The molecule has 0 unspecified atom stereocenters. The Hall–Kier alpha value is -1.39. The number of carbonyl (C=O) groups is 1. The van der Waals surface area contributed by atoms with E-state index in [1.807, 2.05) is 0 Å². The Labute approximate surface area is 71.0 Å². The quantitative estimate of drug-likeness (QED) is 0.349. The topological polar surface area (TPSA) is 84.5 Å². The molecule has 0 aromatic rings. The standard InChI is InChI=1S/C7H13N3O2/c1-5(8)7(6(2)11)9-3-4-10-12/h9H,3-4,8H2,1-2H3/b7-5-. The van der Waals surface area contributed by atoms with Gasteiger partial charge < -0.3 is 11.1 Å².